The molecular formula is C29H35N3O3S. The van der Waals surface area contributed by atoms with Crippen molar-refractivity contribution in [3.05, 3.63) is 94.5 Å². The number of carbonyl (C=O) groups is 1. The molecule has 1 amide bonds. The van der Waals surface area contributed by atoms with Crippen LogP contribution in [0.4, 0.5) is 5.69 Å². The summed E-state index contributed by atoms with van der Waals surface area (Å²) in [7, 11) is -3.47. The summed E-state index contributed by atoms with van der Waals surface area (Å²) in [6, 6.07) is 20.8. The molecule has 4 rings (SSSR count). The number of anilines is 1. The molecule has 0 aliphatic carbocycles. The van der Waals surface area contributed by atoms with E-state index in [9.17, 15) is 13.2 Å². The molecule has 6 nitrogen and oxygen atoms in total. The first-order valence-electron chi connectivity index (χ1n) is 12.4. The van der Waals surface area contributed by atoms with Gasteiger partial charge in [0.25, 0.3) is 5.91 Å². The quantitative estimate of drug-likeness (QED) is 0.480. The number of rotatable bonds is 7. The molecule has 1 aliphatic heterocycles. The highest BCUT2D eigenvalue weighted by atomic mass is 32.2. The maximum Gasteiger partial charge on any atom is 0.255 e. The predicted molar refractivity (Wildman–Crippen MR) is 145 cm³/mol. The zero-order valence-electron chi connectivity index (χ0n) is 21.5. The van der Waals surface area contributed by atoms with Crippen LogP contribution in [0, 0.1) is 13.8 Å². The van der Waals surface area contributed by atoms with Crippen molar-refractivity contribution in [2.24, 2.45) is 0 Å². The Bertz CT molecular complexity index is 1310. The minimum Gasteiger partial charge on any atom is -0.321 e. The first-order chi connectivity index (χ1) is 17.1. The molecule has 0 atom stereocenters. The maximum absolute atomic E-state index is 12.9. The number of hydrogen-bond acceptors (Lipinski definition) is 4. The lowest BCUT2D eigenvalue weighted by Gasteiger charge is -2.34. The van der Waals surface area contributed by atoms with Gasteiger partial charge in [0.05, 0.1) is 4.90 Å². The highest BCUT2D eigenvalue weighted by Gasteiger charge is 2.28. The molecule has 190 valence electrons. The van der Waals surface area contributed by atoms with Crippen LogP contribution in [-0.4, -0.2) is 49.7 Å². The summed E-state index contributed by atoms with van der Waals surface area (Å²) in [5, 5.41) is 3.10. The second-order valence-electron chi connectivity index (χ2n) is 9.84. The fraction of sp³-hybridized carbons (Fsp3) is 0.345. The van der Waals surface area contributed by atoms with Crippen molar-refractivity contribution in [1.29, 1.82) is 0 Å². The highest BCUT2D eigenvalue weighted by molar-refractivity contribution is 7.89. The van der Waals surface area contributed by atoms with Crippen LogP contribution in [0.25, 0.3) is 0 Å². The molecular weight excluding hydrogens is 470 g/mol. The molecule has 7 heteroatoms. The van der Waals surface area contributed by atoms with Crippen molar-refractivity contribution in [2.45, 2.75) is 45.1 Å². The summed E-state index contributed by atoms with van der Waals surface area (Å²) in [5.41, 5.74) is 5.82. The minimum atomic E-state index is -3.47. The topological polar surface area (TPSA) is 69.7 Å². The Morgan fingerprint density at radius 1 is 0.889 bits per heavy atom. The largest absolute Gasteiger partial charge is 0.321 e. The Morgan fingerprint density at radius 2 is 1.53 bits per heavy atom. The summed E-state index contributed by atoms with van der Waals surface area (Å²) < 4.78 is 27.5. The fourth-order valence-electron chi connectivity index (χ4n) is 4.54. The molecule has 1 aliphatic rings. The van der Waals surface area contributed by atoms with Gasteiger partial charge in [-0.3, -0.25) is 9.69 Å². The van der Waals surface area contributed by atoms with Gasteiger partial charge in [-0.05, 0) is 60.7 Å². The zero-order chi connectivity index (χ0) is 25.9. The average Bonchev–Trinajstić information content (AvgIpc) is 2.86. The zero-order valence-corrected chi connectivity index (χ0v) is 22.3. The van der Waals surface area contributed by atoms with E-state index in [0.29, 0.717) is 42.6 Å². The van der Waals surface area contributed by atoms with E-state index in [0.717, 1.165) is 34.5 Å². The second kappa shape index (κ2) is 10.9. The smallest absolute Gasteiger partial charge is 0.255 e. The number of amides is 1. The van der Waals surface area contributed by atoms with Crippen LogP contribution in [0.1, 0.15) is 52.4 Å². The standard InChI is InChI=1S/C29H35N3O3S/c1-21(2)27-7-5-6-23(4)28(27)30-29(33)25-12-10-24(11-13-25)20-31-16-18-32(19-17-31)36(34,35)26-14-8-22(3)9-15-26/h5-15,21H,16-20H2,1-4H3,(H,30,33). The second-order valence-corrected chi connectivity index (χ2v) is 11.8. The van der Waals surface area contributed by atoms with Gasteiger partial charge >= 0.3 is 0 Å². The van der Waals surface area contributed by atoms with E-state index < -0.39 is 10.0 Å². The Labute approximate surface area is 215 Å². The van der Waals surface area contributed by atoms with E-state index in [-0.39, 0.29) is 5.91 Å². The molecule has 0 aromatic heterocycles. The first kappa shape index (κ1) is 26.1. The van der Waals surface area contributed by atoms with Crippen LogP contribution < -0.4 is 5.32 Å². The number of carbonyl (C=O) groups excluding carboxylic acids is 1. The molecule has 1 saturated heterocycles. The van der Waals surface area contributed by atoms with E-state index in [1.807, 2.05) is 62.4 Å². The van der Waals surface area contributed by atoms with Crippen LogP contribution in [-0.2, 0) is 16.6 Å². The number of para-hydroxylation sites is 1. The Hall–Kier alpha value is -3.00. The van der Waals surface area contributed by atoms with Crippen molar-refractivity contribution in [3.8, 4) is 0 Å². The number of nitrogens with zero attached hydrogens (tertiary/aromatic N) is 2. The van der Waals surface area contributed by atoms with Crippen LogP contribution in [0.15, 0.2) is 71.6 Å². The van der Waals surface area contributed by atoms with E-state index in [4.69, 9.17) is 0 Å². The lowest BCUT2D eigenvalue weighted by Crippen LogP contribution is -2.48. The van der Waals surface area contributed by atoms with E-state index >= 15 is 0 Å². The molecule has 0 unspecified atom stereocenters. The van der Waals surface area contributed by atoms with Gasteiger partial charge in [-0.25, -0.2) is 8.42 Å². The summed E-state index contributed by atoms with van der Waals surface area (Å²) in [5.74, 6) is 0.197. The Balaban J connectivity index is 1.34. The van der Waals surface area contributed by atoms with Gasteiger partial charge in [-0.15, -0.1) is 0 Å². The van der Waals surface area contributed by atoms with Gasteiger partial charge < -0.3 is 5.32 Å². The molecule has 1 N–H and O–H groups in total. The number of nitrogens with one attached hydrogen (secondary N) is 1. The van der Waals surface area contributed by atoms with E-state index in [2.05, 4.69) is 30.1 Å². The molecule has 1 fully saturated rings. The predicted octanol–water partition coefficient (Wildman–Crippen LogP) is 5.19. The number of sulfonamides is 1. The Morgan fingerprint density at radius 3 is 2.14 bits per heavy atom. The minimum absolute atomic E-state index is 0.118. The van der Waals surface area contributed by atoms with Crippen molar-refractivity contribution in [2.75, 3.05) is 31.5 Å². The van der Waals surface area contributed by atoms with Gasteiger partial charge in [0.15, 0.2) is 0 Å². The van der Waals surface area contributed by atoms with Crippen LogP contribution in [0.3, 0.4) is 0 Å². The monoisotopic (exact) mass is 505 g/mol. The van der Waals surface area contributed by atoms with Crippen molar-refractivity contribution in [3.63, 3.8) is 0 Å². The maximum atomic E-state index is 12.9. The van der Waals surface area contributed by atoms with Gasteiger partial charge in [-0.1, -0.05) is 61.9 Å². The third-order valence-corrected chi connectivity index (χ3v) is 8.69. The lowest BCUT2D eigenvalue weighted by molar-refractivity contribution is 0.102. The molecule has 0 radical (unpaired) electrons. The van der Waals surface area contributed by atoms with Gasteiger partial charge in [-0.2, -0.15) is 4.31 Å². The van der Waals surface area contributed by atoms with E-state index in [1.165, 1.54) is 0 Å². The van der Waals surface area contributed by atoms with Gasteiger partial charge in [0, 0.05) is 44.0 Å². The number of hydrogen-bond donors (Lipinski definition) is 1. The fourth-order valence-corrected chi connectivity index (χ4v) is 5.96. The van der Waals surface area contributed by atoms with E-state index in [1.54, 1.807) is 16.4 Å². The highest BCUT2D eigenvalue weighted by Crippen LogP contribution is 2.28. The van der Waals surface area contributed by atoms with Gasteiger partial charge in [0.1, 0.15) is 0 Å². The molecule has 3 aromatic rings. The van der Waals surface area contributed by atoms with Crippen LogP contribution in [0.2, 0.25) is 0 Å². The summed E-state index contributed by atoms with van der Waals surface area (Å²) in [6.45, 7) is 11.2. The molecule has 36 heavy (non-hydrogen) atoms. The average molecular weight is 506 g/mol. The van der Waals surface area contributed by atoms with Crippen LogP contribution >= 0.6 is 0 Å². The third kappa shape index (κ3) is 5.86. The van der Waals surface area contributed by atoms with Gasteiger partial charge in [0.2, 0.25) is 10.0 Å². The third-order valence-electron chi connectivity index (χ3n) is 6.78. The molecule has 0 spiro atoms. The number of aryl methyl sites for hydroxylation is 2. The van der Waals surface area contributed by atoms with Crippen molar-refractivity contribution >= 4 is 21.6 Å². The number of benzene rings is 3. The molecule has 3 aromatic carbocycles. The van der Waals surface area contributed by atoms with Crippen molar-refractivity contribution in [1.82, 2.24) is 9.21 Å². The summed E-state index contributed by atoms with van der Waals surface area (Å²) in [6.07, 6.45) is 0. The summed E-state index contributed by atoms with van der Waals surface area (Å²) >= 11 is 0. The first-order valence-corrected chi connectivity index (χ1v) is 13.9. The molecule has 0 bridgehead atoms. The van der Waals surface area contributed by atoms with Crippen LogP contribution in [0.5, 0.6) is 0 Å². The summed E-state index contributed by atoms with van der Waals surface area (Å²) in [4.78, 5) is 15.5. The Kier molecular flexibility index (Phi) is 7.93. The SMILES string of the molecule is Cc1ccc(S(=O)(=O)N2CCN(Cc3ccc(C(=O)Nc4c(C)cccc4C(C)C)cc3)CC2)cc1. The normalized spacial score (nSPS) is 15.2. The molecule has 1 heterocycles. The molecule has 0 saturated carbocycles. The lowest BCUT2D eigenvalue weighted by atomic mass is 9.98. The number of piperazine rings is 1. The van der Waals surface area contributed by atoms with Crippen molar-refractivity contribution < 1.29 is 13.2 Å².